The molecule has 0 aromatic heterocycles. The predicted octanol–water partition coefficient (Wildman–Crippen LogP) is -3.50. The van der Waals surface area contributed by atoms with Crippen LogP contribution < -0.4 is 5.73 Å². The third-order valence-electron chi connectivity index (χ3n) is 2.55. The zero-order valence-corrected chi connectivity index (χ0v) is 8.15. The van der Waals surface area contributed by atoms with Gasteiger partial charge >= 0.3 is 0 Å². The molecule has 7 heteroatoms. The van der Waals surface area contributed by atoms with Crippen molar-refractivity contribution in [3.05, 3.63) is 0 Å². The maximum absolute atomic E-state index is 9.80. The van der Waals surface area contributed by atoms with Crippen molar-refractivity contribution < 1.29 is 30.3 Å². The molecular formula is C8H17NO6. The minimum Gasteiger partial charge on any atom is -0.394 e. The van der Waals surface area contributed by atoms with Gasteiger partial charge in [0.05, 0.1) is 6.61 Å². The molecule has 0 aliphatic carbocycles. The van der Waals surface area contributed by atoms with Gasteiger partial charge in [0.1, 0.15) is 24.4 Å². The average molecular weight is 223 g/mol. The Morgan fingerprint density at radius 2 is 1.80 bits per heavy atom. The molecular weight excluding hydrogens is 206 g/mol. The van der Waals surface area contributed by atoms with Gasteiger partial charge in [-0.1, -0.05) is 0 Å². The van der Waals surface area contributed by atoms with E-state index in [9.17, 15) is 20.4 Å². The Kier molecular flexibility index (Phi) is 4.01. The molecule has 1 fully saturated rings. The van der Waals surface area contributed by atoms with Crippen molar-refractivity contribution in [3.63, 3.8) is 0 Å². The van der Waals surface area contributed by atoms with Crippen LogP contribution in [0.2, 0.25) is 0 Å². The van der Waals surface area contributed by atoms with Gasteiger partial charge in [0, 0.05) is 6.42 Å². The van der Waals surface area contributed by atoms with E-state index in [0.717, 1.165) is 0 Å². The molecule has 0 spiro atoms. The molecule has 7 nitrogen and oxygen atoms in total. The smallest absolute Gasteiger partial charge is 0.196 e. The summed E-state index contributed by atoms with van der Waals surface area (Å²) in [7, 11) is 0. The van der Waals surface area contributed by atoms with E-state index >= 15 is 0 Å². The highest BCUT2D eigenvalue weighted by Gasteiger charge is 2.51. The highest BCUT2D eigenvalue weighted by molar-refractivity contribution is 4.95. The minimum absolute atomic E-state index is 0.0362. The van der Waals surface area contributed by atoms with Crippen molar-refractivity contribution >= 4 is 0 Å². The molecule has 0 aromatic carbocycles. The number of aliphatic hydroxyl groups excluding tert-OH is 4. The maximum atomic E-state index is 9.80. The van der Waals surface area contributed by atoms with E-state index in [1.165, 1.54) is 0 Å². The molecule has 0 aromatic rings. The first-order valence-corrected chi connectivity index (χ1v) is 4.71. The van der Waals surface area contributed by atoms with Crippen molar-refractivity contribution in [1.29, 1.82) is 0 Å². The predicted molar refractivity (Wildman–Crippen MR) is 48.6 cm³/mol. The summed E-state index contributed by atoms with van der Waals surface area (Å²) in [6.45, 7) is -0.535. The first-order chi connectivity index (χ1) is 6.96. The number of rotatable bonds is 3. The lowest BCUT2D eigenvalue weighted by Crippen LogP contribution is -2.65. The largest absolute Gasteiger partial charge is 0.394 e. The van der Waals surface area contributed by atoms with Crippen LogP contribution in [0, 0.1) is 0 Å². The molecule has 15 heavy (non-hydrogen) atoms. The molecule has 1 saturated heterocycles. The fourth-order valence-corrected chi connectivity index (χ4v) is 1.63. The van der Waals surface area contributed by atoms with Crippen molar-refractivity contribution in [2.24, 2.45) is 5.73 Å². The van der Waals surface area contributed by atoms with E-state index in [1.807, 2.05) is 0 Å². The maximum Gasteiger partial charge on any atom is 0.196 e. The number of hydrogen-bond acceptors (Lipinski definition) is 7. The molecule has 0 radical (unpaired) electrons. The Labute approximate surface area is 86.7 Å². The van der Waals surface area contributed by atoms with Crippen molar-refractivity contribution in [2.45, 2.75) is 36.6 Å². The van der Waals surface area contributed by atoms with Crippen LogP contribution in [0.5, 0.6) is 0 Å². The van der Waals surface area contributed by atoms with E-state index in [0.29, 0.717) is 0 Å². The molecule has 0 saturated carbocycles. The lowest BCUT2D eigenvalue weighted by atomic mass is 9.91. The van der Waals surface area contributed by atoms with Crippen LogP contribution >= 0.6 is 0 Å². The SMILES string of the molecule is NCC[C@]1(O)O[C@H](CO)[C@@H](O)[C@H](O)[C@@H]1O. The van der Waals surface area contributed by atoms with Gasteiger partial charge in [-0.3, -0.25) is 0 Å². The number of ether oxygens (including phenoxy) is 1. The summed E-state index contributed by atoms with van der Waals surface area (Å²) < 4.78 is 4.92. The fourth-order valence-electron chi connectivity index (χ4n) is 1.63. The van der Waals surface area contributed by atoms with Gasteiger partial charge in [-0.25, -0.2) is 0 Å². The number of hydrogen-bond donors (Lipinski definition) is 6. The Balaban J connectivity index is 2.82. The third kappa shape index (κ3) is 2.28. The van der Waals surface area contributed by atoms with Crippen LogP contribution in [0.4, 0.5) is 0 Å². The highest BCUT2D eigenvalue weighted by atomic mass is 16.7. The van der Waals surface area contributed by atoms with Crippen LogP contribution in [0.1, 0.15) is 6.42 Å². The summed E-state index contributed by atoms with van der Waals surface area (Å²) in [6, 6.07) is 0. The Bertz CT molecular complexity index is 213. The lowest BCUT2D eigenvalue weighted by molar-refractivity contribution is -0.350. The first kappa shape index (κ1) is 12.8. The topological polar surface area (TPSA) is 136 Å². The fraction of sp³-hybridized carbons (Fsp3) is 1.00. The molecule has 90 valence electrons. The van der Waals surface area contributed by atoms with Crippen LogP contribution in [0.25, 0.3) is 0 Å². The van der Waals surface area contributed by atoms with Crippen LogP contribution in [-0.2, 0) is 4.74 Å². The molecule has 1 aliphatic heterocycles. The standard InChI is InChI=1S/C8H17NO6/c9-2-1-8(14)7(13)6(12)5(11)4(3-10)15-8/h4-7,10-14H,1-3,9H2/t4-,5-,6+,7+,8+/m1/s1. The van der Waals surface area contributed by atoms with Crippen molar-refractivity contribution in [3.8, 4) is 0 Å². The molecule has 1 rings (SSSR count). The second-order valence-electron chi connectivity index (χ2n) is 3.65. The summed E-state index contributed by atoms with van der Waals surface area (Å²) in [4.78, 5) is 0. The van der Waals surface area contributed by atoms with Crippen molar-refractivity contribution in [1.82, 2.24) is 0 Å². The summed E-state index contributed by atoms with van der Waals surface area (Å²) in [5.41, 5.74) is 5.22. The quantitative estimate of drug-likeness (QED) is 0.292. The molecule has 7 N–H and O–H groups in total. The van der Waals surface area contributed by atoms with E-state index in [2.05, 4.69) is 0 Å². The summed E-state index contributed by atoms with van der Waals surface area (Å²) in [6.07, 6.45) is -5.91. The first-order valence-electron chi connectivity index (χ1n) is 4.71. The number of nitrogens with two attached hydrogens (primary N) is 1. The molecule has 1 heterocycles. The summed E-state index contributed by atoms with van der Waals surface area (Å²) in [5, 5.41) is 46.9. The number of aliphatic hydroxyl groups is 5. The molecule has 0 bridgehead atoms. The summed E-state index contributed by atoms with van der Waals surface area (Å²) in [5.74, 6) is -2.03. The molecule has 0 unspecified atom stereocenters. The molecule has 0 amide bonds. The minimum atomic E-state index is -2.03. The molecule has 1 aliphatic rings. The van der Waals surface area contributed by atoms with Crippen LogP contribution in [0.15, 0.2) is 0 Å². The Morgan fingerprint density at radius 3 is 2.27 bits per heavy atom. The van der Waals surface area contributed by atoms with Crippen LogP contribution in [-0.4, -0.2) is 68.9 Å². The summed E-state index contributed by atoms with van der Waals surface area (Å²) >= 11 is 0. The highest BCUT2D eigenvalue weighted by Crippen LogP contribution is 2.30. The Morgan fingerprint density at radius 1 is 1.20 bits per heavy atom. The van der Waals surface area contributed by atoms with E-state index < -0.39 is 36.8 Å². The van der Waals surface area contributed by atoms with E-state index in [4.69, 9.17) is 15.6 Å². The normalized spacial score (nSPS) is 46.8. The van der Waals surface area contributed by atoms with Gasteiger partial charge in [-0.2, -0.15) is 0 Å². The Hall–Kier alpha value is -0.280. The van der Waals surface area contributed by atoms with Gasteiger partial charge in [0.15, 0.2) is 5.79 Å². The van der Waals surface area contributed by atoms with Gasteiger partial charge < -0.3 is 36.0 Å². The average Bonchev–Trinajstić information content (AvgIpc) is 2.21. The van der Waals surface area contributed by atoms with Gasteiger partial charge in [-0.05, 0) is 6.54 Å². The van der Waals surface area contributed by atoms with E-state index in [-0.39, 0.29) is 13.0 Å². The zero-order chi connectivity index (χ0) is 11.6. The van der Waals surface area contributed by atoms with Gasteiger partial charge in [-0.15, -0.1) is 0 Å². The van der Waals surface area contributed by atoms with Crippen molar-refractivity contribution in [2.75, 3.05) is 13.2 Å². The lowest BCUT2D eigenvalue weighted by Gasteiger charge is -2.45. The van der Waals surface area contributed by atoms with Gasteiger partial charge in [0.2, 0.25) is 0 Å². The van der Waals surface area contributed by atoms with E-state index in [1.54, 1.807) is 0 Å². The zero-order valence-electron chi connectivity index (χ0n) is 8.15. The van der Waals surface area contributed by atoms with Gasteiger partial charge in [0.25, 0.3) is 0 Å². The second kappa shape index (κ2) is 4.71. The second-order valence-corrected chi connectivity index (χ2v) is 3.65. The van der Waals surface area contributed by atoms with Crippen LogP contribution in [0.3, 0.4) is 0 Å². The monoisotopic (exact) mass is 223 g/mol. The molecule has 5 atom stereocenters. The third-order valence-corrected chi connectivity index (χ3v) is 2.55.